The number of carbonyl (C=O) groups excluding carboxylic acids is 2. The fourth-order valence-corrected chi connectivity index (χ4v) is 1.34. The highest BCUT2D eigenvalue weighted by Crippen LogP contribution is 2.40. The van der Waals surface area contributed by atoms with Gasteiger partial charge in [0.2, 0.25) is 5.83 Å². The molecule has 0 bridgehead atoms. The van der Waals surface area contributed by atoms with Gasteiger partial charge in [-0.05, 0) is 6.92 Å². The van der Waals surface area contributed by atoms with Crippen molar-refractivity contribution >= 4 is 11.9 Å². The SMILES string of the molecule is C1CC1.C=C(F)C(=O)OC(OCCC(F)(F)C(C)(F)F)(C(=O)OCC)C(F)(F)F.CC.CCC. The van der Waals surface area contributed by atoms with E-state index in [9.17, 15) is 44.7 Å². The molecule has 1 rings (SSSR count). The number of carbonyl (C=O) groups is 2. The van der Waals surface area contributed by atoms with Crippen LogP contribution in [0.3, 0.4) is 0 Å². The monoisotopic (exact) mass is 518 g/mol. The number of alkyl halides is 7. The van der Waals surface area contributed by atoms with E-state index in [0.29, 0.717) is 0 Å². The molecule has 1 unspecified atom stereocenters. The van der Waals surface area contributed by atoms with Crippen molar-refractivity contribution in [1.29, 1.82) is 0 Å². The van der Waals surface area contributed by atoms with E-state index in [1.807, 2.05) is 13.8 Å². The molecule has 5 nitrogen and oxygen atoms in total. The summed E-state index contributed by atoms with van der Waals surface area (Å²) >= 11 is 0. The quantitative estimate of drug-likeness (QED) is 0.140. The first-order valence-electron chi connectivity index (χ1n) is 10.6. The summed E-state index contributed by atoms with van der Waals surface area (Å²) in [6.07, 6.45) is -2.16. The number of halogens is 8. The molecule has 0 N–H and O–H groups in total. The largest absolute Gasteiger partial charge is 0.468 e. The van der Waals surface area contributed by atoms with Gasteiger partial charge in [-0.1, -0.05) is 60.0 Å². The second-order valence-electron chi connectivity index (χ2n) is 6.59. The highest BCUT2D eigenvalue weighted by atomic mass is 19.4. The molecule has 1 aliphatic rings. The van der Waals surface area contributed by atoms with Gasteiger partial charge in [-0.15, -0.1) is 0 Å². The lowest BCUT2D eigenvalue weighted by Gasteiger charge is -2.32. The van der Waals surface area contributed by atoms with Crippen LogP contribution in [0.15, 0.2) is 12.4 Å². The van der Waals surface area contributed by atoms with E-state index in [1.54, 1.807) is 0 Å². The first kappa shape index (κ1) is 36.6. The predicted molar refractivity (Wildman–Crippen MR) is 109 cm³/mol. The van der Waals surface area contributed by atoms with Crippen molar-refractivity contribution in [2.45, 2.75) is 97.5 Å². The minimum absolute atomic E-state index is 0.192. The highest BCUT2D eigenvalue weighted by molar-refractivity contribution is 5.89. The van der Waals surface area contributed by atoms with E-state index in [4.69, 9.17) is 0 Å². The molecule has 1 atom stereocenters. The van der Waals surface area contributed by atoms with Gasteiger partial charge < -0.3 is 14.2 Å². The summed E-state index contributed by atoms with van der Waals surface area (Å²) in [4.78, 5) is 22.7. The van der Waals surface area contributed by atoms with E-state index >= 15 is 0 Å². The molecule has 0 aromatic carbocycles. The third-order valence-corrected chi connectivity index (χ3v) is 3.09. The van der Waals surface area contributed by atoms with Crippen LogP contribution in [0.4, 0.5) is 35.1 Å². The van der Waals surface area contributed by atoms with Gasteiger partial charge in [-0.2, -0.15) is 26.3 Å². The summed E-state index contributed by atoms with van der Waals surface area (Å²) < 4.78 is 116. The summed E-state index contributed by atoms with van der Waals surface area (Å²) in [5.41, 5.74) is 0. The molecular formula is C21H34F8O5. The van der Waals surface area contributed by atoms with E-state index in [0.717, 1.165) is 6.92 Å². The Balaban J connectivity index is -0.00000103. The second-order valence-corrected chi connectivity index (χ2v) is 6.59. The van der Waals surface area contributed by atoms with Crippen LogP contribution in [0.5, 0.6) is 0 Å². The number of hydrogen-bond acceptors (Lipinski definition) is 5. The molecule has 0 heterocycles. The van der Waals surface area contributed by atoms with Crippen LogP contribution in [0.25, 0.3) is 0 Å². The van der Waals surface area contributed by atoms with E-state index in [-0.39, 0.29) is 6.92 Å². The standard InChI is InChI=1S/C13H14F8O5.C3H6.C3H8.C2H6/c1-4-24-9(23)12(13(19,20)21,26-8(22)7(2)14)25-6-5-11(17,18)10(3,15)16;1-2-3-1;1-3-2;1-2/h2,4-6H2,1,3H3;1-3H2;3H2,1-2H3;1-2H3. The van der Waals surface area contributed by atoms with Gasteiger partial charge in [-0.25, -0.2) is 18.4 Å². The molecule has 0 aromatic heterocycles. The third-order valence-electron chi connectivity index (χ3n) is 3.09. The number of esters is 2. The fourth-order valence-electron chi connectivity index (χ4n) is 1.34. The van der Waals surface area contributed by atoms with E-state index in [1.165, 1.54) is 25.7 Å². The lowest BCUT2D eigenvalue weighted by Crippen LogP contribution is -2.58. The normalized spacial score (nSPS) is 14.4. The van der Waals surface area contributed by atoms with Crippen LogP contribution in [0.2, 0.25) is 0 Å². The Bertz CT molecular complexity index is 598. The maximum absolute atomic E-state index is 13.2. The zero-order valence-corrected chi connectivity index (χ0v) is 20.2. The molecule has 0 saturated heterocycles. The Labute approximate surface area is 194 Å². The van der Waals surface area contributed by atoms with Crippen molar-refractivity contribution < 1.29 is 58.9 Å². The molecule has 0 aliphatic heterocycles. The van der Waals surface area contributed by atoms with Gasteiger partial charge in [0.1, 0.15) is 0 Å². The summed E-state index contributed by atoms with van der Waals surface area (Å²) in [7, 11) is 0. The van der Waals surface area contributed by atoms with Gasteiger partial charge in [0.15, 0.2) is 0 Å². The highest BCUT2D eigenvalue weighted by Gasteiger charge is 2.68. The van der Waals surface area contributed by atoms with Gasteiger partial charge in [-0.3, -0.25) is 0 Å². The smallest absolute Gasteiger partial charge is 0.461 e. The van der Waals surface area contributed by atoms with Gasteiger partial charge >= 0.3 is 35.7 Å². The molecule has 0 amide bonds. The Hall–Kier alpha value is -1.92. The van der Waals surface area contributed by atoms with Gasteiger partial charge in [0, 0.05) is 13.3 Å². The second kappa shape index (κ2) is 16.7. The number of ether oxygens (including phenoxy) is 3. The minimum atomic E-state index is -5.92. The van der Waals surface area contributed by atoms with Crippen molar-refractivity contribution in [3.8, 4) is 0 Å². The van der Waals surface area contributed by atoms with Crippen molar-refractivity contribution in [1.82, 2.24) is 0 Å². The lowest BCUT2D eigenvalue weighted by molar-refractivity contribution is -0.357. The lowest BCUT2D eigenvalue weighted by atomic mass is 10.1. The summed E-state index contributed by atoms with van der Waals surface area (Å²) in [6.45, 7) is 8.93. The molecule has 1 fully saturated rings. The summed E-state index contributed by atoms with van der Waals surface area (Å²) in [5.74, 6) is -21.0. The molecule has 34 heavy (non-hydrogen) atoms. The molecule has 1 saturated carbocycles. The fraction of sp³-hybridized carbons (Fsp3) is 0.810. The summed E-state index contributed by atoms with van der Waals surface area (Å²) in [5, 5.41) is 0. The van der Waals surface area contributed by atoms with Crippen LogP contribution >= 0.6 is 0 Å². The van der Waals surface area contributed by atoms with Crippen LogP contribution < -0.4 is 0 Å². The van der Waals surface area contributed by atoms with Crippen molar-refractivity contribution in [3.63, 3.8) is 0 Å². The van der Waals surface area contributed by atoms with E-state index in [2.05, 4.69) is 34.6 Å². The summed E-state index contributed by atoms with van der Waals surface area (Å²) in [6, 6.07) is 0. The van der Waals surface area contributed by atoms with Crippen LogP contribution in [-0.4, -0.2) is 49.0 Å². The van der Waals surface area contributed by atoms with Crippen molar-refractivity contribution in [2.75, 3.05) is 13.2 Å². The molecule has 1 aliphatic carbocycles. The maximum Gasteiger partial charge on any atom is 0.468 e. The average molecular weight is 518 g/mol. The van der Waals surface area contributed by atoms with E-state index < -0.39 is 61.2 Å². The third kappa shape index (κ3) is 13.7. The topological polar surface area (TPSA) is 61.8 Å². The van der Waals surface area contributed by atoms with Crippen LogP contribution in [0, 0.1) is 0 Å². The Morgan fingerprint density at radius 2 is 1.32 bits per heavy atom. The molecule has 0 spiro atoms. The minimum Gasteiger partial charge on any atom is -0.461 e. The van der Waals surface area contributed by atoms with Crippen molar-refractivity contribution in [2.24, 2.45) is 0 Å². The molecule has 0 radical (unpaired) electrons. The van der Waals surface area contributed by atoms with Gasteiger partial charge in [0.25, 0.3) is 0 Å². The molecular weight excluding hydrogens is 484 g/mol. The Kier molecular flexibility index (Phi) is 18.0. The van der Waals surface area contributed by atoms with Gasteiger partial charge in [0.05, 0.1) is 13.2 Å². The predicted octanol–water partition coefficient (Wildman–Crippen LogP) is 7.14. The van der Waals surface area contributed by atoms with Crippen LogP contribution in [0.1, 0.15) is 73.6 Å². The van der Waals surface area contributed by atoms with Crippen molar-refractivity contribution in [3.05, 3.63) is 12.4 Å². The molecule has 0 aromatic rings. The Morgan fingerprint density at radius 3 is 1.59 bits per heavy atom. The number of hydrogen-bond donors (Lipinski definition) is 0. The zero-order valence-electron chi connectivity index (χ0n) is 20.2. The maximum atomic E-state index is 13.2. The zero-order chi connectivity index (χ0) is 27.8. The van der Waals surface area contributed by atoms with Crippen LogP contribution in [-0.2, 0) is 23.8 Å². The molecule has 204 valence electrons. The average Bonchev–Trinajstić information content (AvgIpc) is 3.56. The number of rotatable bonds is 9. The molecule has 13 heteroatoms. The first-order chi connectivity index (χ1) is 15.4. The first-order valence-corrected chi connectivity index (χ1v) is 10.6. The Morgan fingerprint density at radius 1 is 0.912 bits per heavy atom.